The molecule has 0 aliphatic carbocycles. The third kappa shape index (κ3) is 3.79. The predicted octanol–water partition coefficient (Wildman–Crippen LogP) is 1.63. The Bertz CT molecular complexity index is 843. The van der Waals surface area contributed by atoms with Crippen molar-refractivity contribution in [3.8, 4) is 0 Å². The number of rotatable bonds is 4. The molecule has 0 saturated carbocycles. The average Bonchev–Trinajstić information content (AvgIpc) is 3.04. The Kier molecular flexibility index (Phi) is 4.58. The molecule has 1 aromatic heterocycles. The second kappa shape index (κ2) is 6.70. The van der Waals surface area contributed by atoms with E-state index in [0.717, 1.165) is 0 Å². The lowest BCUT2D eigenvalue weighted by molar-refractivity contribution is -0.120. The minimum absolute atomic E-state index is 0.103. The molecule has 3 amide bonds. The van der Waals surface area contributed by atoms with Crippen molar-refractivity contribution in [2.45, 2.75) is 39.3 Å². The normalized spacial score (nSPS) is 15.2. The molecule has 26 heavy (non-hydrogen) atoms. The molecule has 2 heterocycles. The first-order valence-electron chi connectivity index (χ1n) is 8.18. The Morgan fingerprint density at radius 3 is 2.73 bits per heavy atom. The number of imide groups is 1. The molecule has 1 aliphatic heterocycles. The van der Waals surface area contributed by atoms with Gasteiger partial charge in [-0.05, 0) is 44.2 Å². The molecule has 0 atom stereocenters. The van der Waals surface area contributed by atoms with Crippen molar-refractivity contribution in [2.75, 3.05) is 16.8 Å². The number of hydrogen-bond donors (Lipinski definition) is 2. The number of anilines is 2. The molecule has 3 rings (SSSR count). The number of halogens is 1. The highest BCUT2D eigenvalue weighted by molar-refractivity contribution is 6.05. The molecule has 1 saturated heterocycles. The number of amides is 3. The lowest BCUT2D eigenvalue weighted by Crippen LogP contribution is -2.49. The summed E-state index contributed by atoms with van der Waals surface area (Å²) in [6.07, 6.45) is 0.128. The van der Waals surface area contributed by atoms with Crippen molar-refractivity contribution in [1.29, 1.82) is 0 Å². The maximum atomic E-state index is 14.1. The van der Waals surface area contributed by atoms with E-state index in [1.807, 2.05) is 20.8 Å². The molecular weight excluding hydrogens is 341 g/mol. The number of hydrogen-bond acceptors (Lipinski definition) is 6. The van der Waals surface area contributed by atoms with Crippen LogP contribution in [0.5, 0.6) is 0 Å². The number of tetrazole rings is 1. The fourth-order valence-corrected chi connectivity index (χ4v) is 2.40. The second-order valence-corrected chi connectivity index (χ2v) is 6.94. The predicted molar refractivity (Wildman–Crippen MR) is 92.0 cm³/mol. The van der Waals surface area contributed by atoms with E-state index in [1.54, 1.807) is 6.07 Å². The third-order valence-corrected chi connectivity index (χ3v) is 3.80. The lowest BCUT2D eigenvalue weighted by atomic mass is 10.1. The van der Waals surface area contributed by atoms with Crippen LogP contribution in [-0.4, -0.2) is 38.7 Å². The van der Waals surface area contributed by atoms with Gasteiger partial charge in [0.15, 0.2) is 5.82 Å². The van der Waals surface area contributed by atoms with Gasteiger partial charge in [0.1, 0.15) is 5.82 Å². The number of carbonyl (C=O) groups excluding carboxylic acids is 2. The number of aromatic nitrogens is 4. The summed E-state index contributed by atoms with van der Waals surface area (Å²) < 4.78 is 14.1. The second-order valence-electron chi connectivity index (χ2n) is 6.94. The van der Waals surface area contributed by atoms with Crippen LogP contribution in [0, 0.1) is 5.82 Å². The molecule has 1 aromatic carbocycles. The average molecular weight is 361 g/mol. The van der Waals surface area contributed by atoms with E-state index in [-0.39, 0.29) is 30.1 Å². The van der Waals surface area contributed by atoms with Gasteiger partial charge in [-0.15, -0.1) is 10.2 Å². The molecule has 0 bridgehead atoms. The molecule has 10 heteroatoms. The van der Waals surface area contributed by atoms with E-state index in [1.165, 1.54) is 21.8 Å². The van der Waals surface area contributed by atoms with Crippen molar-refractivity contribution >= 4 is 23.3 Å². The zero-order valence-electron chi connectivity index (χ0n) is 14.8. The van der Waals surface area contributed by atoms with Crippen molar-refractivity contribution in [3.05, 3.63) is 29.8 Å². The van der Waals surface area contributed by atoms with Crippen LogP contribution in [0.1, 0.15) is 33.0 Å². The Balaban J connectivity index is 1.72. The van der Waals surface area contributed by atoms with Gasteiger partial charge >= 0.3 is 6.03 Å². The largest absolute Gasteiger partial charge is 0.378 e. The van der Waals surface area contributed by atoms with Crippen molar-refractivity contribution in [2.24, 2.45) is 0 Å². The Hall–Kier alpha value is -3.04. The number of nitrogens with one attached hydrogen (secondary N) is 2. The molecule has 2 aromatic rings. The summed E-state index contributed by atoms with van der Waals surface area (Å²) in [5.74, 6) is -0.419. The van der Waals surface area contributed by atoms with E-state index in [4.69, 9.17) is 0 Å². The van der Waals surface area contributed by atoms with Gasteiger partial charge < -0.3 is 5.32 Å². The number of urea groups is 1. The first-order chi connectivity index (χ1) is 12.2. The van der Waals surface area contributed by atoms with E-state index in [0.29, 0.717) is 18.1 Å². The van der Waals surface area contributed by atoms with Gasteiger partial charge in [0.05, 0.1) is 17.8 Å². The summed E-state index contributed by atoms with van der Waals surface area (Å²) in [7, 11) is 0. The molecule has 1 aliphatic rings. The fraction of sp³-hybridized carbons (Fsp3) is 0.438. The van der Waals surface area contributed by atoms with Crippen LogP contribution in [0.3, 0.4) is 0 Å². The molecular formula is C16H20FN7O2. The Morgan fingerprint density at radius 2 is 2.08 bits per heavy atom. The highest BCUT2D eigenvalue weighted by Gasteiger charge is 2.26. The first-order valence-corrected chi connectivity index (χ1v) is 8.18. The number of carbonyl (C=O) groups is 2. The van der Waals surface area contributed by atoms with E-state index in [2.05, 4.69) is 26.0 Å². The monoisotopic (exact) mass is 361 g/mol. The van der Waals surface area contributed by atoms with Crippen molar-refractivity contribution < 1.29 is 14.0 Å². The van der Waals surface area contributed by atoms with Crippen LogP contribution < -0.4 is 15.5 Å². The van der Waals surface area contributed by atoms with Gasteiger partial charge in [-0.2, -0.15) is 4.80 Å². The number of nitrogens with zero attached hydrogens (tertiary/aromatic N) is 5. The maximum Gasteiger partial charge on any atom is 0.328 e. The quantitative estimate of drug-likeness (QED) is 0.857. The van der Waals surface area contributed by atoms with Crippen molar-refractivity contribution in [3.63, 3.8) is 0 Å². The molecule has 0 radical (unpaired) electrons. The first kappa shape index (κ1) is 17.8. The SMILES string of the molecule is CC(C)(C)n1nnc(CNc2ccc(F)c(N3CCC(=O)NC3=O)c2)n1. The topological polar surface area (TPSA) is 105 Å². The zero-order valence-corrected chi connectivity index (χ0v) is 14.8. The molecule has 0 spiro atoms. The van der Waals surface area contributed by atoms with Crippen molar-refractivity contribution in [1.82, 2.24) is 25.5 Å². The van der Waals surface area contributed by atoms with E-state index >= 15 is 0 Å². The van der Waals surface area contributed by atoms with Crippen LogP contribution in [0.25, 0.3) is 0 Å². The van der Waals surface area contributed by atoms with Crippen LogP contribution in [0.15, 0.2) is 18.2 Å². The summed E-state index contributed by atoms with van der Waals surface area (Å²) in [6.45, 7) is 6.32. The molecule has 1 fully saturated rings. The lowest BCUT2D eigenvalue weighted by Gasteiger charge is -2.27. The van der Waals surface area contributed by atoms with Gasteiger partial charge in [-0.25, -0.2) is 9.18 Å². The van der Waals surface area contributed by atoms with Gasteiger partial charge in [-0.1, -0.05) is 0 Å². The minimum Gasteiger partial charge on any atom is -0.378 e. The third-order valence-electron chi connectivity index (χ3n) is 3.80. The fourth-order valence-electron chi connectivity index (χ4n) is 2.40. The van der Waals surface area contributed by atoms with E-state index in [9.17, 15) is 14.0 Å². The maximum absolute atomic E-state index is 14.1. The molecule has 0 unspecified atom stereocenters. The smallest absolute Gasteiger partial charge is 0.328 e. The standard InChI is InChI=1S/C16H20FN7O2/c1-16(2,3)24-21-13(20-22-24)9-18-10-4-5-11(17)12(8-10)23-7-6-14(25)19-15(23)26/h4-5,8,18H,6-7,9H2,1-3H3,(H,19,25,26). The van der Waals surface area contributed by atoms with Crippen LogP contribution in [0.2, 0.25) is 0 Å². The van der Waals surface area contributed by atoms with Crippen LogP contribution in [0.4, 0.5) is 20.6 Å². The van der Waals surface area contributed by atoms with Gasteiger partial charge in [0.2, 0.25) is 5.91 Å². The zero-order chi connectivity index (χ0) is 18.9. The summed E-state index contributed by atoms with van der Waals surface area (Å²) in [6, 6.07) is 3.70. The summed E-state index contributed by atoms with van der Waals surface area (Å²) in [4.78, 5) is 25.9. The summed E-state index contributed by atoms with van der Waals surface area (Å²) in [5.41, 5.74) is 0.428. The summed E-state index contributed by atoms with van der Waals surface area (Å²) >= 11 is 0. The Labute approximate surface area is 149 Å². The summed E-state index contributed by atoms with van der Waals surface area (Å²) in [5, 5.41) is 17.5. The Morgan fingerprint density at radius 1 is 1.31 bits per heavy atom. The highest BCUT2D eigenvalue weighted by Crippen LogP contribution is 2.25. The van der Waals surface area contributed by atoms with Gasteiger partial charge in [0.25, 0.3) is 0 Å². The molecule has 9 nitrogen and oxygen atoms in total. The van der Waals surface area contributed by atoms with Gasteiger partial charge in [0, 0.05) is 18.7 Å². The van der Waals surface area contributed by atoms with E-state index < -0.39 is 11.8 Å². The molecule has 2 N–H and O–H groups in total. The molecule has 138 valence electrons. The highest BCUT2D eigenvalue weighted by atomic mass is 19.1. The van der Waals surface area contributed by atoms with Crippen LogP contribution in [-0.2, 0) is 16.9 Å². The van der Waals surface area contributed by atoms with Gasteiger partial charge in [-0.3, -0.25) is 15.0 Å². The minimum atomic E-state index is -0.632. The van der Waals surface area contributed by atoms with Crippen LogP contribution >= 0.6 is 0 Å². The number of benzene rings is 1.